The third-order valence-electron chi connectivity index (χ3n) is 4.37. The Kier molecular flexibility index (Phi) is 5.74. The van der Waals surface area contributed by atoms with Gasteiger partial charge in [0.1, 0.15) is 11.5 Å². The number of carbonyl (C=O) groups excluding carboxylic acids is 1. The van der Waals surface area contributed by atoms with Gasteiger partial charge < -0.3 is 14.8 Å². The van der Waals surface area contributed by atoms with E-state index in [9.17, 15) is 4.79 Å². The van der Waals surface area contributed by atoms with E-state index >= 15 is 0 Å². The van der Waals surface area contributed by atoms with Crippen LogP contribution in [0.5, 0.6) is 11.5 Å². The molecule has 0 atom stereocenters. The van der Waals surface area contributed by atoms with E-state index in [2.05, 4.69) is 11.4 Å². The fraction of sp³-hybridized carbons (Fsp3) is 0.227. The molecule has 0 fully saturated rings. The lowest BCUT2D eigenvalue weighted by Crippen LogP contribution is -2.25. The van der Waals surface area contributed by atoms with E-state index in [-0.39, 0.29) is 5.91 Å². The SMILES string of the molecule is COc1cccc(CCCNC(=O)c2cc3ccccc3cc2OC)c1. The molecule has 1 N–H and O–H groups in total. The summed E-state index contributed by atoms with van der Waals surface area (Å²) >= 11 is 0. The Morgan fingerprint density at radius 1 is 0.923 bits per heavy atom. The number of hydrogen-bond donors (Lipinski definition) is 1. The van der Waals surface area contributed by atoms with Gasteiger partial charge in [0.15, 0.2) is 0 Å². The summed E-state index contributed by atoms with van der Waals surface area (Å²) in [5.41, 5.74) is 1.76. The maximum Gasteiger partial charge on any atom is 0.255 e. The molecule has 0 radical (unpaired) electrons. The van der Waals surface area contributed by atoms with Crippen LogP contribution >= 0.6 is 0 Å². The van der Waals surface area contributed by atoms with Gasteiger partial charge in [-0.05, 0) is 53.4 Å². The maximum absolute atomic E-state index is 12.6. The molecule has 4 heteroatoms. The minimum Gasteiger partial charge on any atom is -0.497 e. The standard InChI is InChI=1S/C22H23NO3/c1-25-19-11-5-7-16(13-19)8-6-12-23-22(24)20-14-17-9-3-4-10-18(17)15-21(20)26-2/h3-5,7,9-11,13-15H,6,8,12H2,1-2H3,(H,23,24). The molecule has 3 aromatic rings. The summed E-state index contributed by atoms with van der Waals surface area (Å²) in [6, 6.07) is 19.7. The molecule has 0 aromatic heterocycles. The van der Waals surface area contributed by atoms with Gasteiger partial charge in [-0.15, -0.1) is 0 Å². The van der Waals surface area contributed by atoms with E-state index in [1.807, 2.05) is 54.6 Å². The van der Waals surface area contributed by atoms with E-state index in [1.54, 1.807) is 14.2 Å². The van der Waals surface area contributed by atoms with Gasteiger partial charge in [-0.3, -0.25) is 4.79 Å². The van der Waals surface area contributed by atoms with Crippen molar-refractivity contribution in [2.24, 2.45) is 0 Å². The lowest BCUT2D eigenvalue weighted by Gasteiger charge is -2.11. The molecule has 0 saturated carbocycles. The van der Waals surface area contributed by atoms with Gasteiger partial charge in [-0.1, -0.05) is 36.4 Å². The third-order valence-corrected chi connectivity index (χ3v) is 4.37. The Hall–Kier alpha value is -3.01. The van der Waals surface area contributed by atoms with E-state index in [0.29, 0.717) is 17.9 Å². The van der Waals surface area contributed by atoms with Gasteiger partial charge in [-0.2, -0.15) is 0 Å². The summed E-state index contributed by atoms with van der Waals surface area (Å²) in [4.78, 5) is 12.6. The van der Waals surface area contributed by atoms with Crippen LogP contribution in [0.1, 0.15) is 22.3 Å². The number of carbonyl (C=O) groups is 1. The summed E-state index contributed by atoms with van der Waals surface area (Å²) in [5.74, 6) is 1.33. The maximum atomic E-state index is 12.6. The Morgan fingerprint density at radius 2 is 1.69 bits per heavy atom. The molecule has 0 heterocycles. The van der Waals surface area contributed by atoms with Crippen LogP contribution in [0.3, 0.4) is 0 Å². The topological polar surface area (TPSA) is 47.6 Å². The number of ether oxygens (including phenoxy) is 2. The molecule has 0 aliphatic rings. The molecule has 0 aliphatic heterocycles. The van der Waals surface area contributed by atoms with Gasteiger partial charge >= 0.3 is 0 Å². The zero-order valence-corrected chi connectivity index (χ0v) is 15.1. The van der Waals surface area contributed by atoms with Crippen LogP contribution in [0.25, 0.3) is 10.8 Å². The lowest BCUT2D eigenvalue weighted by atomic mass is 10.1. The number of nitrogens with one attached hydrogen (secondary N) is 1. The van der Waals surface area contributed by atoms with Gasteiger partial charge in [-0.25, -0.2) is 0 Å². The average molecular weight is 349 g/mol. The number of hydrogen-bond acceptors (Lipinski definition) is 3. The van der Waals surface area contributed by atoms with Crippen LogP contribution in [-0.4, -0.2) is 26.7 Å². The molecular weight excluding hydrogens is 326 g/mol. The normalized spacial score (nSPS) is 10.5. The van der Waals surface area contributed by atoms with E-state index in [4.69, 9.17) is 9.47 Å². The first-order valence-electron chi connectivity index (χ1n) is 8.69. The van der Waals surface area contributed by atoms with Crippen molar-refractivity contribution in [3.63, 3.8) is 0 Å². The fourth-order valence-corrected chi connectivity index (χ4v) is 2.98. The number of methoxy groups -OCH3 is 2. The van der Waals surface area contributed by atoms with Crippen molar-refractivity contribution in [2.75, 3.05) is 20.8 Å². The second kappa shape index (κ2) is 8.39. The number of fused-ring (bicyclic) bond motifs is 1. The quantitative estimate of drug-likeness (QED) is 0.650. The Bertz CT molecular complexity index is 905. The van der Waals surface area contributed by atoms with E-state index in [1.165, 1.54) is 5.56 Å². The summed E-state index contributed by atoms with van der Waals surface area (Å²) in [7, 11) is 3.25. The first kappa shape index (κ1) is 17.8. The summed E-state index contributed by atoms with van der Waals surface area (Å²) in [5, 5.41) is 5.06. The highest BCUT2D eigenvalue weighted by Gasteiger charge is 2.13. The first-order chi connectivity index (χ1) is 12.7. The molecule has 0 spiro atoms. The number of amides is 1. The number of benzene rings is 3. The third kappa shape index (κ3) is 4.14. The molecule has 1 amide bonds. The average Bonchev–Trinajstić information content (AvgIpc) is 2.70. The van der Waals surface area contributed by atoms with Crippen molar-refractivity contribution in [3.05, 3.63) is 71.8 Å². The van der Waals surface area contributed by atoms with Crippen LogP contribution in [0.4, 0.5) is 0 Å². The highest BCUT2D eigenvalue weighted by molar-refractivity contribution is 6.01. The monoisotopic (exact) mass is 349 g/mol. The molecule has 0 bridgehead atoms. The summed E-state index contributed by atoms with van der Waals surface area (Å²) in [6.07, 6.45) is 1.74. The van der Waals surface area contributed by atoms with E-state index in [0.717, 1.165) is 29.4 Å². The molecule has 0 unspecified atom stereocenters. The largest absolute Gasteiger partial charge is 0.497 e. The van der Waals surface area contributed by atoms with Crippen LogP contribution < -0.4 is 14.8 Å². The summed E-state index contributed by atoms with van der Waals surface area (Å²) < 4.78 is 10.6. The lowest BCUT2D eigenvalue weighted by molar-refractivity contribution is 0.0950. The fourth-order valence-electron chi connectivity index (χ4n) is 2.98. The molecule has 3 aromatic carbocycles. The van der Waals surface area contributed by atoms with Crippen molar-refractivity contribution >= 4 is 16.7 Å². The molecule has 4 nitrogen and oxygen atoms in total. The Balaban J connectivity index is 1.62. The van der Waals surface area contributed by atoms with Gasteiger partial charge in [0.2, 0.25) is 0 Å². The predicted molar refractivity (Wildman–Crippen MR) is 104 cm³/mol. The highest BCUT2D eigenvalue weighted by atomic mass is 16.5. The smallest absolute Gasteiger partial charge is 0.255 e. The summed E-state index contributed by atoms with van der Waals surface area (Å²) in [6.45, 7) is 0.603. The van der Waals surface area contributed by atoms with E-state index < -0.39 is 0 Å². The predicted octanol–water partition coefficient (Wildman–Crippen LogP) is 4.22. The zero-order chi connectivity index (χ0) is 18.4. The van der Waals surface area contributed by atoms with Crippen LogP contribution in [0, 0.1) is 0 Å². The van der Waals surface area contributed by atoms with Crippen molar-refractivity contribution in [2.45, 2.75) is 12.8 Å². The molecular formula is C22H23NO3. The molecule has 26 heavy (non-hydrogen) atoms. The minimum absolute atomic E-state index is 0.113. The second-order valence-corrected chi connectivity index (χ2v) is 6.11. The van der Waals surface area contributed by atoms with Crippen LogP contribution in [0.15, 0.2) is 60.7 Å². The van der Waals surface area contributed by atoms with Gasteiger partial charge in [0.05, 0.1) is 19.8 Å². The first-order valence-corrected chi connectivity index (χ1v) is 8.69. The van der Waals surface area contributed by atoms with Crippen LogP contribution in [0.2, 0.25) is 0 Å². The van der Waals surface area contributed by atoms with Crippen LogP contribution in [-0.2, 0) is 6.42 Å². The number of aryl methyl sites for hydroxylation is 1. The van der Waals surface area contributed by atoms with Crippen molar-refractivity contribution in [3.8, 4) is 11.5 Å². The Labute approximate surface area is 153 Å². The van der Waals surface area contributed by atoms with Crippen molar-refractivity contribution < 1.29 is 14.3 Å². The molecule has 0 aliphatic carbocycles. The number of rotatable bonds is 7. The highest BCUT2D eigenvalue weighted by Crippen LogP contribution is 2.25. The Morgan fingerprint density at radius 3 is 2.42 bits per heavy atom. The molecule has 3 rings (SSSR count). The zero-order valence-electron chi connectivity index (χ0n) is 15.1. The van der Waals surface area contributed by atoms with Crippen molar-refractivity contribution in [1.82, 2.24) is 5.32 Å². The van der Waals surface area contributed by atoms with Gasteiger partial charge in [0.25, 0.3) is 5.91 Å². The minimum atomic E-state index is -0.113. The molecule has 134 valence electrons. The second-order valence-electron chi connectivity index (χ2n) is 6.11. The molecule has 0 saturated heterocycles. The van der Waals surface area contributed by atoms with Gasteiger partial charge in [0, 0.05) is 6.54 Å². The van der Waals surface area contributed by atoms with Crippen molar-refractivity contribution in [1.29, 1.82) is 0 Å².